The molecule has 7 heteroatoms. The van der Waals surface area contributed by atoms with Gasteiger partial charge in [-0.1, -0.05) is 24.6 Å². The first kappa shape index (κ1) is 14.9. The SMILES string of the molecule is CC1Cc2c(sc(NC(N)=O)c2C(N)=O)-c2cc(Cl)ccc21. The molecule has 2 aromatic rings. The third-order valence-corrected chi connectivity index (χ3v) is 5.21. The molecular weight excluding hydrogens is 322 g/mol. The van der Waals surface area contributed by atoms with Gasteiger partial charge in [-0.3, -0.25) is 10.1 Å². The number of halogens is 1. The molecule has 22 heavy (non-hydrogen) atoms. The van der Waals surface area contributed by atoms with Crippen LogP contribution in [0.1, 0.15) is 34.3 Å². The minimum Gasteiger partial charge on any atom is -0.365 e. The van der Waals surface area contributed by atoms with Crippen molar-refractivity contribution in [2.45, 2.75) is 19.3 Å². The van der Waals surface area contributed by atoms with Crippen LogP contribution in [0.15, 0.2) is 18.2 Å². The molecule has 1 atom stereocenters. The number of anilines is 1. The summed E-state index contributed by atoms with van der Waals surface area (Å²) < 4.78 is 0. The van der Waals surface area contributed by atoms with Gasteiger partial charge in [-0.05, 0) is 41.2 Å². The van der Waals surface area contributed by atoms with E-state index in [9.17, 15) is 9.59 Å². The zero-order valence-electron chi connectivity index (χ0n) is 11.8. The first-order chi connectivity index (χ1) is 10.4. The number of rotatable bonds is 2. The number of nitrogens with one attached hydrogen (secondary N) is 1. The van der Waals surface area contributed by atoms with Crippen molar-refractivity contribution in [2.24, 2.45) is 11.5 Å². The average Bonchev–Trinajstić information content (AvgIpc) is 2.76. The van der Waals surface area contributed by atoms with Crippen LogP contribution in [0.5, 0.6) is 0 Å². The van der Waals surface area contributed by atoms with Gasteiger partial charge in [0.2, 0.25) is 0 Å². The fraction of sp³-hybridized carbons (Fsp3) is 0.200. The van der Waals surface area contributed by atoms with E-state index in [1.165, 1.54) is 16.9 Å². The normalized spacial score (nSPS) is 15.8. The molecule has 1 aromatic carbocycles. The zero-order valence-corrected chi connectivity index (χ0v) is 13.3. The second-order valence-corrected chi connectivity index (χ2v) is 6.76. The fourth-order valence-electron chi connectivity index (χ4n) is 2.91. The molecule has 3 rings (SSSR count). The summed E-state index contributed by atoms with van der Waals surface area (Å²) in [5.74, 6) is -0.340. The van der Waals surface area contributed by atoms with Gasteiger partial charge in [0.15, 0.2) is 0 Å². The highest BCUT2D eigenvalue weighted by Gasteiger charge is 2.30. The van der Waals surface area contributed by atoms with Crippen molar-refractivity contribution in [1.82, 2.24) is 0 Å². The van der Waals surface area contributed by atoms with Gasteiger partial charge in [0, 0.05) is 9.90 Å². The summed E-state index contributed by atoms with van der Waals surface area (Å²) in [7, 11) is 0. The first-order valence-electron chi connectivity index (χ1n) is 6.70. The van der Waals surface area contributed by atoms with Gasteiger partial charge >= 0.3 is 6.03 Å². The number of amides is 3. The second kappa shape index (κ2) is 5.30. The highest BCUT2D eigenvalue weighted by molar-refractivity contribution is 7.20. The highest BCUT2D eigenvalue weighted by Crippen LogP contribution is 2.48. The number of fused-ring (bicyclic) bond motifs is 3. The summed E-state index contributed by atoms with van der Waals surface area (Å²) in [5, 5.41) is 3.51. The smallest absolute Gasteiger partial charge is 0.317 e. The fourth-order valence-corrected chi connectivity index (χ4v) is 4.36. The second-order valence-electron chi connectivity index (χ2n) is 5.30. The maximum atomic E-state index is 11.8. The molecule has 0 bridgehead atoms. The van der Waals surface area contributed by atoms with Crippen LogP contribution in [0.2, 0.25) is 5.02 Å². The third kappa shape index (κ3) is 2.34. The van der Waals surface area contributed by atoms with Crippen molar-refractivity contribution >= 4 is 39.9 Å². The molecule has 1 heterocycles. The number of primary amides is 2. The van der Waals surface area contributed by atoms with E-state index in [1.54, 1.807) is 0 Å². The maximum Gasteiger partial charge on any atom is 0.317 e. The third-order valence-electron chi connectivity index (χ3n) is 3.79. The Bertz CT molecular complexity index is 800. The van der Waals surface area contributed by atoms with Crippen molar-refractivity contribution in [1.29, 1.82) is 0 Å². The Kier molecular flexibility index (Phi) is 3.58. The highest BCUT2D eigenvalue weighted by atomic mass is 35.5. The van der Waals surface area contributed by atoms with E-state index >= 15 is 0 Å². The molecule has 5 nitrogen and oxygen atoms in total. The topological polar surface area (TPSA) is 98.2 Å². The van der Waals surface area contributed by atoms with Crippen LogP contribution in [0.25, 0.3) is 10.4 Å². The Balaban J connectivity index is 2.26. The predicted octanol–water partition coefficient (Wildman–Crippen LogP) is 3.32. The number of urea groups is 1. The monoisotopic (exact) mass is 335 g/mol. The minimum absolute atomic E-state index is 0.230. The van der Waals surface area contributed by atoms with E-state index < -0.39 is 11.9 Å². The van der Waals surface area contributed by atoms with Gasteiger partial charge < -0.3 is 11.5 Å². The number of hydrogen-bond donors (Lipinski definition) is 3. The van der Waals surface area contributed by atoms with E-state index in [0.717, 1.165) is 16.0 Å². The number of carbonyl (C=O) groups is 2. The Morgan fingerprint density at radius 3 is 2.73 bits per heavy atom. The summed E-state index contributed by atoms with van der Waals surface area (Å²) in [5.41, 5.74) is 14.0. The van der Waals surface area contributed by atoms with Crippen LogP contribution < -0.4 is 16.8 Å². The molecule has 0 spiro atoms. The summed E-state index contributed by atoms with van der Waals surface area (Å²) in [6, 6.07) is 5.00. The first-order valence-corrected chi connectivity index (χ1v) is 7.89. The molecule has 0 aliphatic heterocycles. The number of thiophene rings is 1. The summed E-state index contributed by atoms with van der Waals surface area (Å²) in [4.78, 5) is 23.9. The van der Waals surface area contributed by atoms with Crippen LogP contribution in [0.4, 0.5) is 9.80 Å². The van der Waals surface area contributed by atoms with Gasteiger partial charge in [0.25, 0.3) is 5.91 Å². The lowest BCUT2D eigenvalue weighted by Gasteiger charge is -2.23. The predicted molar refractivity (Wildman–Crippen MR) is 88.6 cm³/mol. The largest absolute Gasteiger partial charge is 0.365 e. The molecule has 0 saturated carbocycles. The molecule has 114 valence electrons. The number of nitrogens with two attached hydrogens (primary N) is 2. The van der Waals surface area contributed by atoms with E-state index in [4.69, 9.17) is 23.1 Å². The number of hydrogen-bond acceptors (Lipinski definition) is 3. The van der Waals surface area contributed by atoms with E-state index in [-0.39, 0.29) is 5.92 Å². The van der Waals surface area contributed by atoms with Crippen LogP contribution in [-0.2, 0) is 6.42 Å². The molecular formula is C15H14ClN3O2S. The summed E-state index contributed by atoms with van der Waals surface area (Å²) >= 11 is 7.41. The molecule has 1 unspecified atom stereocenters. The van der Waals surface area contributed by atoms with Crippen LogP contribution in [0, 0.1) is 0 Å². The van der Waals surface area contributed by atoms with Crippen molar-refractivity contribution < 1.29 is 9.59 Å². The molecule has 3 amide bonds. The number of benzene rings is 1. The lowest BCUT2D eigenvalue weighted by molar-refractivity contribution is 0.100. The zero-order chi connectivity index (χ0) is 16.0. The lowest BCUT2D eigenvalue weighted by atomic mass is 9.82. The maximum absolute atomic E-state index is 11.8. The van der Waals surface area contributed by atoms with Gasteiger partial charge in [-0.25, -0.2) is 4.79 Å². The summed E-state index contributed by atoms with van der Waals surface area (Å²) in [6.07, 6.45) is 0.680. The minimum atomic E-state index is -0.722. The van der Waals surface area contributed by atoms with Crippen molar-refractivity contribution in [3.8, 4) is 10.4 Å². The Morgan fingerprint density at radius 1 is 1.36 bits per heavy atom. The quantitative estimate of drug-likeness (QED) is 0.784. The molecule has 0 radical (unpaired) electrons. The lowest BCUT2D eigenvalue weighted by Crippen LogP contribution is -2.22. The molecule has 5 N–H and O–H groups in total. The van der Waals surface area contributed by atoms with E-state index in [1.807, 2.05) is 18.2 Å². The molecule has 0 fully saturated rings. The molecule has 1 aliphatic rings. The number of carbonyl (C=O) groups excluding carboxylic acids is 2. The van der Waals surface area contributed by atoms with E-state index in [0.29, 0.717) is 22.0 Å². The van der Waals surface area contributed by atoms with Gasteiger partial charge in [0.1, 0.15) is 5.00 Å². The Labute approximate surface area is 136 Å². The van der Waals surface area contributed by atoms with Crippen molar-refractivity contribution in [3.05, 3.63) is 39.9 Å². The summed E-state index contributed by atoms with van der Waals surface area (Å²) in [6.45, 7) is 2.08. The van der Waals surface area contributed by atoms with Crippen LogP contribution in [0.3, 0.4) is 0 Å². The van der Waals surface area contributed by atoms with Crippen molar-refractivity contribution in [2.75, 3.05) is 5.32 Å². The molecule has 1 aromatic heterocycles. The van der Waals surface area contributed by atoms with Gasteiger partial charge in [0.05, 0.1) is 5.56 Å². The van der Waals surface area contributed by atoms with Crippen molar-refractivity contribution in [3.63, 3.8) is 0 Å². The van der Waals surface area contributed by atoms with Gasteiger partial charge in [-0.15, -0.1) is 11.3 Å². The van der Waals surface area contributed by atoms with E-state index in [2.05, 4.69) is 12.2 Å². The molecule has 0 saturated heterocycles. The van der Waals surface area contributed by atoms with Gasteiger partial charge in [-0.2, -0.15) is 0 Å². The molecule has 1 aliphatic carbocycles. The standard InChI is InChI=1S/C15H14ClN3O2S/c1-6-4-10-11(13(17)20)14(19-15(18)21)22-12(10)9-5-7(16)2-3-8(6)9/h2-3,5-6H,4H2,1H3,(H2,17,20)(H3,18,19,21). The van der Waals surface area contributed by atoms with Crippen LogP contribution >= 0.6 is 22.9 Å². The average molecular weight is 336 g/mol. The Morgan fingerprint density at radius 2 is 2.09 bits per heavy atom. The van der Waals surface area contributed by atoms with Crippen LogP contribution in [-0.4, -0.2) is 11.9 Å². The Hall–Kier alpha value is -2.05.